The van der Waals surface area contributed by atoms with E-state index in [0.29, 0.717) is 0 Å². The topological polar surface area (TPSA) is 78.1 Å². The third-order valence-corrected chi connectivity index (χ3v) is 0. The third kappa shape index (κ3) is 101. The van der Waals surface area contributed by atoms with Gasteiger partial charge in [0.05, 0.1) is 0 Å². The molecule has 0 rings (SSSR count). The lowest BCUT2D eigenvalue weighted by molar-refractivity contribution is 0.750. The van der Waals surface area contributed by atoms with E-state index in [1.54, 1.807) is 0 Å². The monoisotopic (exact) mass is 67.1 g/mol. The van der Waals surface area contributed by atoms with Gasteiger partial charge in [0.1, 0.15) is 14.8 Å². The SMILES string of the molecule is [2H]N([2H])C(N([2H])[2H])N([2H])[2H]. The first-order valence-corrected chi connectivity index (χ1v) is 0.775. The van der Waals surface area contributed by atoms with Crippen molar-refractivity contribution in [2.45, 2.75) is 6.29 Å². The van der Waals surface area contributed by atoms with E-state index in [1.165, 1.54) is 0 Å². The molecule has 6 N–H and O–H groups in total. The van der Waals surface area contributed by atoms with Crippen LogP contribution in [0.5, 0.6) is 0 Å². The lowest BCUT2D eigenvalue weighted by Gasteiger charge is -1.84. The van der Waals surface area contributed by atoms with E-state index in [1.807, 2.05) is 0 Å². The Labute approximate surface area is 33.5 Å². The smallest absolute Gasteiger partial charge is 0.121 e. The van der Waals surface area contributed by atoms with Gasteiger partial charge in [-0.3, -0.25) is 0 Å². The average molecular weight is 67.1 g/mol. The van der Waals surface area contributed by atoms with Crippen molar-refractivity contribution in [1.82, 2.24) is 0 Å². The Kier molecular flexibility index (Phi) is 0.125. The predicted octanol–water partition coefficient (Wildman–Crippen LogP) is -1.85. The fourth-order valence-corrected chi connectivity index (χ4v) is 0. The summed E-state index contributed by atoms with van der Waals surface area (Å²) in [4.78, 5) is 0. The quantitative estimate of drug-likeness (QED) is 0.339. The second-order valence-corrected chi connectivity index (χ2v) is 0.346. The molecule has 26 valence electrons. The lowest BCUT2D eigenvalue weighted by atomic mass is 11.0. The van der Waals surface area contributed by atoms with Crippen molar-refractivity contribution in [3.8, 4) is 0 Å². The van der Waals surface area contributed by atoms with Crippen LogP contribution in [0.4, 0.5) is 0 Å². The molecular formula is CH7N3. The molecule has 0 unspecified atom stereocenters. The molecule has 0 aliphatic rings. The summed E-state index contributed by atoms with van der Waals surface area (Å²) < 4.78 is 39.2. The molecule has 3 heteroatoms. The first-order chi connectivity index (χ1) is 4.46. The van der Waals surface area contributed by atoms with Crippen molar-refractivity contribution >= 4 is 0 Å². The van der Waals surface area contributed by atoms with Crippen LogP contribution in [0.2, 0.25) is 8.47 Å². The Bertz CT molecular complexity index is 74.0. The molecule has 0 atom stereocenters. The van der Waals surface area contributed by atoms with E-state index in [-0.39, 0.29) is 17.2 Å². The maximum Gasteiger partial charge on any atom is 0.121 e. The molecule has 0 heterocycles. The van der Waals surface area contributed by atoms with Crippen molar-refractivity contribution in [2.75, 3.05) is 0 Å². The average Bonchev–Trinajstić information content (AvgIpc) is 1.59. The van der Waals surface area contributed by atoms with Gasteiger partial charge in [0, 0.05) is 0 Å². The molecule has 0 aromatic heterocycles. The van der Waals surface area contributed by atoms with E-state index in [2.05, 4.69) is 0 Å². The minimum Gasteiger partial charge on any atom is -0.304 e. The van der Waals surface area contributed by atoms with Crippen LogP contribution in [0, 0.1) is 0 Å². The standard InChI is InChI=1S/CH7N3/c2-1(3)4/h1H,2-4H2/i/hD6. The van der Waals surface area contributed by atoms with Crippen LogP contribution in [-0.2, 0) is 0 Å². The molecule has 0 aliphatic heterocycles. The van der Waals surface area contributed by atoms with Gasteiger partial charge in [-0.05, 0) is 0 Å². The molecule has 0 aromatic carbocycles. The predicted molar refractivity (Wildman–Crippen MR) is 16.4 cm³/mol. The fraction of sp³-hybridized carbons (Fsp3) is 1.00. The first kappa shape index (κ1) is 0.408. The highest BCUT2D eigenvalue weighted by atomic mass is 15.0. The van der Waals surface area contributed by atoms with Crippen molar-refractivity contribution in [3.05, 3.63) is 0 Å². The van der Waals surface area contributed by atoms with E-state index in [9.17, 15) is 0 Å². The molecule has 0 aliphatic carbocycles. The van der Waals surface area contributed by atoms with Crippen molar-refractivity contribution in [2.24, 2.45) is 17.2 Å². The molecule has 3 nitrogen and oxygen atoms in total. The Morgan fingerprint density at radius 1 is 1.50 bits per heavy atom. The molecule has 0 aromatic rings. The van der Waals surface area contributed by atoms with Crippen LogP contribution in [0.25, 0.3) is 0 Å². The van der Waals surface area contributed by atoms with Crippen molar-refractivity contribution < 1.29 is 8.47 Å². The number of hydrogen-bond donors (Lipinski definition) is 3. The highest BCUT2D eigenvalue weighted by Crippen LogP contribution is 1.17. The summed E-state index contributed by atoms with van der Waals surface area (Å²) in [7, 11) is 0. The summed E-state index contributed by atoms with van der Waals surface area (Å²) in [6.07, 6.45) is -1.61. The Balaban J connectivity index is 3.98. The molecule has 0 bridgehead atoms. The summed E-state index contributed by atoms with van der Waals surface area (Å²) in [5, 5.41) is 0. The summed E-state index contributed by atoms with van der Waals surface area (Å²) >= 11 is 0. The molecular weight excluding hydrogens is 54.0 g/mol. The van der Waals surface area contributed by atoms with Crippen LogP contribution in [-0.4, -0.2) is 6.29 Å². The van der Waals surface area contributed by atoms with Gasteiger partial charge < -0.3 is 17.2 Å². The van der Waals surface area contributed by atoms with Gasteiger partial charge in [0.15, 0.2) is 0 Å². The van der Waals surface area contributed by atoms with Gasteiger partial charge >= 0.3 is 0 Å². The number of hydrogen-bond acceptors (Lipinski definition) is 3. The number of nitrogens with two attached hydrogens (primary N) is 3. The molecule has 0 radical (unpaired) electrons. The molecule has 4 heavy (non-hydrogen) atoms. The Hall–Kier alpha value is -0.120. The van der Waals surface area contributed by atoms with E-state index in [0.717, 1.165) is 0 Å². The first-order valence-electron chi connectivity index (χ1n) is 3.46. The van der Waals surface area contributed by atoms with Gasteiger partial charge in [-0.25, -0.2) is 0 Å². The van der Waals surface area contributed by atoms with Crippen LogP contribution in [0.1, 0.15) is 0 Å². The van der Waals surface area contributed by atoms with Gasteiger partial charge in [-0.15, -0.1) is 0 Å². The second-order valence-electron chi connectivity index (χ2n) is 0.346. The van der Waals surface area contributed by atoms with E-state index < -0.39 is 6.29 Å². The summed E-state index contributed by atoms with van der Waals surface area (Å²) in [5.41, 5.74) is -0.250. The van der Waals surface area contributed by atoms with Gasteiger partial charge in [0.25, 0.3) is 0 Å². The summed E-state index contributed by atoms with van der Waals surface area (Å²) in [6, 6.07) is 0. The zero-order chi connectivity index (χ0) is 8.31. The Morgan fingerprint density at radius 3 is 2.00 bits per heavy atom. The van der Waals surface area contributed by atoms with Crippen molar-refractivity contribution in [1.29, 1.82) is 0 Å². The zero-order valence-corrected chi connectivity index (χ0v) is 1.92. The maximum absolute atomic E-state index is 6.53. The lowest BCUT2D eigenvalue weighted by Crippen LogP contribution is -2.39. The molecule has 0 spiro atoms. The second kappa shape index (κ2) is 1.23. The van der Waals surface area contributed by atoms with E-state index in [4.69, 9.17) is 8.47 Å². The molecule has 0 saturated heterocycles. The Morgan fingerprint density at radius 2 is 2.00 bits per heavy atom. The molecule has 0 fully saturated rings. The van der Waals surface area contributed by atoms with Crippen molar-refractivity contribution in [3.63, 3.8) is 0 Å². The minimum atomic E-state index is -1.61. The normalized spacial score (nSPS) is 33.0. The van der Waals surface area contributed by atoms with Crippen LogP contribution in [0.3, 0.4) is 0 Å². The van der Waals surface area contributed by atoms with Gasteiger partial charge in [-0.2, -0.15) is 0 Å². The van der Waals surface area contributed by atoms with E-state index >= 15 is 0 Å². The zero-order valence-electron chi connectivity index (χ0n) is 7.92. The van der Waals surface area contributed by atoms with Crippen LogP contribution in [0.15, 0.2) is 0 Å². The van der Waals surface area contributed by atoms with Crippen LogP contribution < -0.4 is 17.2 Å². The minimum absolute atomic E-state index is 0.0833. The van der Waals surface area contributed by atoms with Crippen LogP contribution >= 0.6 is 0 Å². The maximum atomic E-state index is 6.53. The fourth-order valence-electron chi connectivity index (χ4n) is 0. The van der Waals surface area contributed by atoms with Gasteiger partial charge in [-0.1, -0.05) is 0 Å². The highest BCUT2D eigenvalue weighted by molar-refractivity contribution is 4.25. The number of rotatable bonds is 3. The summed E-state index contributed by atoms with van der Waals surface area (Å²) in [5.74, 6) is 0. The highest BCUT2D eigenvalue weighted by Gasteiger charge is 1.64. The molecule has 0 saturated carbocycles. The largest absolute Gasteiger partial charge is 0.304 e. The summed E-state index contributed by atoms with van der Waals surface area (Å²) in [6.45, 7) is 0. The molecule has 0 amide bonds. The van der Waals surface area contributed by atoms with Gasteiger partial charge in [0.2, 0.25) is 0 Å². The third-order valence-electron chi connectivity index (χ3n) is 0.